The van der Waals surface area contributed by atoms with E-state index in [4.69, 9.17) is 11.6 Å². The highest BCUT2D eigenvalue weighted by Gasteiger charge is 2.08. The average Bonchev–Trinajstić information content (AvgIpc) is 2.54. The number of halogens is 2. The molecule has 0 unspecified atom stereocenters. The van der Waals surface area contributed by atoms with Crippen LogP contribution in [0.15, 0.2) is 48.5 Å². The predicted octanol–water partition coefficient (Wildman–Crippen LogP) is 3.40. The van der Waals surface area contributed by atoms with E-state index < -0.39 is 6.10 Å². The third kappa shape index (κ3) is 5.88. The second-order valence-corrected chi connectivity index (χ2v) is 5.53. The van der Waals surface area contributed by atoms with Crippen LogP contribution >= 0.6 is 11.6 Å². The number of rotatable bonds is 6. The van der Waals surface area contributed by atoms with E-state index in [1.165, 1.54) is 12.1 Å². The van der Waals surface area contributed by atoms with Crippen molar-refractivity contribution in [2.45, 2.75) is 19.1 Å². The van der Waals surface area contributed by atoms with E-state index >= 15 is 0 Å². The van der Waals surface area contributed by atoms with Crippen LogP contribution in [0.5, 0.6) is 0 Å². The Hall–Kier alpha value is -2.11. The molecule has 0 radical (unpaired) electrons. The van der Waals surface area contributed by atoms with Crippen molar-refractivity contribution in [3.8, 4) is 0 Å². The lowest BCUT2D eigenvalue weighted by Gasteiger charge is -2.12. The molecule has 0 bridgehead atoms. The molecule has 1 atom stereocenters. The molecule has 4 nitrogen and oxygen atoms in total. The molecule has 3 N–H and O–H groups in total. The summed E-state index contributed by atoms with van der Waals surface area (Å²) in [6, 6.07) is 12.5. The average molecular weight is 337 g/mol. The van der Waals surface area contributed by atoms with Crippen LogP contribution in [0.4, 0.5) is 9.18 Å². The highest BCUT2D eigenvalue weighted by Crippen LogP contribution is 2.19. The first kappa shape index (κ1) is 17.2. The van der Waals surface area contributed by atoms with Crippen LogP contribution in [0.2, 0.25) is 5.02 Å². The van der Waals surface area contributed by atoms with Crippen LogP contribution in [0.3, 0.4) is 0 Å². The number of amides is 2. The predicted molar refractivity (Wildman–Crippen MR) is 87.7 cm³/mol. The molecule has 23 heavy (non-hydrogen) atoms. The highest BCUT2D eigenvalue weighted by molar-refractivity contribution is 6.30. The standard InChI is InChI=1S/C17H18ClFN2O2/c18-14-3-1-2-13(10-14)16(22)8-9-20-17(23)21-11-12-4-6-15(19)7-5-12/h1-7,10,16,22H,8-9,11H2,(H2,20,21,23)/t16-/m1/s1. The van der Waals surface area contributed by atoms with Crippen molar-refractivity contribution in [3.63, 3.8) is 0 Å². The summed E-state index contributed by atoms with van der Waals surface area (Å²) in [7, 11) is 0. The summed E-state index contributed by atoms with van der Waals surface area (Å²) in [6.45, 7) is 0.631. The molecule has 6 heteroatoms. The van der Waals surface area contributed by atoms with Gasteiger partial charge < -0.3 is 15.7 Å². The highest BCUT2D eigenvalue weighted by atomic mass is 35.5. The molecule has 2 aromatic carbocycles. The maximum Gasteiger partial charge on any atom is 0.315 e. The van der Waals surface area contributed by atoms with Crippen molar-refractivity contribution in [3.05, 3.63) is 70.5 Å². The topological polar surface area (TPSA) is 61.4 Å². The van der Waals surface area contributed by atoms with Crippen LogP contribution < -0.4 is 10.6 Å². The van der Waals surface area contributed by atoms with Gasteiger partial charge in [-0.2, -0.15) is 0 Å². The minimum atomic E-state index is -0.689. The zero-order chi connectivity index (χ0) is 16.7. The number of benzene rings is 2. The summed E-state index contributed by atoms with van der Waals surface area (Å²) in [4.78, 5) is 11.7. The number of aliphatic hydroxyl groups is 1. The number of hydrogen-bond donors (Lipinski definition) is 3. The van der Waals surface area contributed by atoms with Gasteiger partial charge in [0.05, 0.1) is 6.10 Å². The SMILES string of the molecule is O=C(NCC[C@@H](O)c1cccc(Cl)c1)NCc1ccc(F)cc1. The van der Waals surface area contributed by atoms with Crippen molar-refractivity contribution >= 4 is 17.6 Å². The van der Waals surface area contributed by atoms with Crippen molar-refractivity contribution in [2.75, 3.05) is 6.54 Å². The van der Waals surface area contributed by atoms with Crippen molar-refractivity contribution in [1.29, 1.82) is 0 Å². The third-order valence-corrected chi connectivity index (χ3v) is 3.54. The number of hydrogen-bond acceptors (Lipinski definition) is 2. The Morgan fingerprint density at radius 3 is 2.61 bits per heavy atom. The Morgan fingerprint density at radius 1 is 1.17 bits per heavy atom. The van der Waals surface area contributed by atoms with Gasteiger partial charge in [0.25, 0.3) is 0 Å². The van der Waals surface area contributed by atoms with Gasteiger partial charge in [0, 0.05) is 18.1 Å². The molecule has 0 saturated heterocycles. The van der Waals surface area contributed by atoms with Gasteiger partial charge in [-0.1, -0.05) is 35.9 Å². The quantitative estimate of drug-likeness (QED) is 0.757. The van der Waals surface area contributed by atoms with Crippen molar-refractivity contribution < 1.29 is 14.3 Å². The van der Waals surface area contributed by atoms with E-state index in [0.717, 1.165) is 5.56 Å². The lowest BCUT2D eigenvalue weighted by molar-refractivity contribution is 0.167. The number of carbonyl (C=O) groups is 1. The van der Waals surface area contributed by atoms with Crippen LogP contribution in [0.1, 0.15) is 23.7 Å². The third-order valence-electron chi connectivity index (χ3n) is 3.30. The van der Waals surface area contributed by atoms with E-state index in [0.29, 0.717) is 30.1 Å². The Kier molecular flexibility index (Phi) is 6.38. The molecule has 2 rings (SSSR count). The van der Waals surface area contributed by atoms with E-state index in [2.05, 4.69) is 10.6 Å². The molecule has 0 saturated carbocycles. The van der Waals surface area contributed by atoms with E-state index in [1.54, 1.807) is 36.4 Å². The van der Waals surface area contributed by atoms with Gasteiger partial charge in [0.15, 0.2) is 0 Å². The number of urea groups is 1. The Morgan fingerprint density at radius 2 is 1.91 bits per heavy atom. The lowest BCUT2D eigenvalue weighted by atomic mass is 10.1. The van der Waals surface area contributed by atoms with Crippen LogP contribution in [0.25, 0.3) is 0 Å². The summed E-state index contributed by atoms with van der Waals surface area (Å²) >= 11 is 5.87. The van der Waals surface area contributed by atoms with Gasteiger partial charge in [0.1, 0.15) is 5.82 Å². The molecule has 0 aromatic heterocycles. The molecule has 0 heterocycles. The molecule has 0 aliphatic carbocycles. The Labute approximate surface area is 139 Å². The summed E-state index contributed by atoms with van der Waals surface area (Å²) in [5.41, 5.74) is 1.52. The Bertz CT molecular complexity index is 649. The summed E-state index contributed by atoms with van der Waals surface area (Å²) in [6.07, 6.45) is -0.310. The molecule has 0 aliphatic heterocycles. The van der Waals surface area contributed by atoms with Gasteiger partial charge in [-0.15, -0.1) is 0 Å². The fourth-order valence-electron chi connectivity index (χ4n) is 2.05. The molecular formula is C17H18ClFN2O2. The first-order valence-corrected chi connectivity index (χ1v) is 7.62. The largest absolute Gasteiger partial charge is 0.388 e. The zero-order valence-electron chi connectivity index (χ0n) is 12.4. The fourth-order valence-corrected chi connectivity index (χ4v) is 2.25. The molecule has 2 amide bonds. The first-order valence-electron chi connectivity index (χ1n) is 7.24. The van der Waals surface area contributed by atoms with Crippen molar-refractivity contribution in [2.24, 2.45) is 0 Å². The minimum absolute atomic E-state index is 0.308. The molecule has 2 aromatic rings. The van der Waals surface area contributed by atoms with Gasteiger partial charge in [-0.05, 0) is 41.8 Å². The monoisotopic (exact) mass is 336 g/mol. The second kappa shape index (κ2) is 8.50. The second-order valence-electron chi connectivity index (χ2n) is 5.10. The van der Waals surface area contributed by atoms with Gasteiger partial charge in [-0.25, -0.2) is 9.18 Å². The normalized spacial score (nSPS) is 11.8. The van der Waals surface area contributed by atoms with Gasteiger partial charge in [0.2, 0.25) is 0 Å². The molecule has 0 spiro atoms. The Balaban J connectivity index is 1.69. The van der Waals surface area contributed by atoms with Crippen LogP contribution in [-0.4, -0.2) is 17.7 Å². The van der Waals surface area contributed by atoms with Gasteiger partial charge in [-0.3, -0.25) is 0 Å². The van der Waals surface area contributed by atoms with E-state index in [9.17, 15) is 14.3 Å². The summed E-state index contributed by atoms with van der Waals surface area (Å²) in [5.74, 6) is -0.312. The molecule has 0 aliphatic rings. The number of aliphatic hydroxyl groups excluding tert-OH is 1. The molecular weight excluding hydrogens is 319 g/mol. The van der Waals surface area contributed by atoms with Crippen molar-refractivity contribution in [1.82, 2.24) is 10.6 Å². The summed E-state index contributed by atoms with van der Waals surface area (Å²) in [5, 5.41) is 15.9. The smallest absolute Gasteiger partial charge is 0.315 e. The number of nitrogens with one attached hydrogen (secondary N) is 2. The van der Waals surface area contributed by atoms with E-state index in [1.807, 2.05) is 0 Å². The maximum atomic E-state index is 12.8. The fraction of sp³-hybridized carbons (Fsp3) is 0.235. The van der Waals surface area contributed by atoms with Gasteiger partial charge >= 0.3 is 6.03 Å². The van der Waals surface area contributed by atoms with Crippen LogP contribution in [0, 0.1) is 5.82 Å². The van der Waals surface area contributed by atoms with Crippen LogP contribution in [-0.2, 0) is 6.54 Å². The molecule has 122 valence electrons. The number of carbonyl (C=O) groups excluding carboxylic acids is 1. The summed E-state index contributed by atoms with van der Waals surface area (Å²) < 4.78 is 12.8. The molecule has 0 fully saturated rings. The zero-order valence-corrected chi connectivity index (χ0v) is 13.2. The maximum absolute atomic E-state index is 12.8. The lowest BCUT2D eigenvalue weighted by Crippen LogP contribution is -2.36. The van der Waals surface area contributed by atoms with E-state index in [-0.39, 0.29) is 11.8 Å². The minimum Gasteiger partial charge on any atom is -0.388 e. The first-order chi connectivity index (χ1) is 11.0.